The lowest BCUT2D eigenvalue weighted by molar-refractivity contribution is -0.134. The van der Waals surface area contributed by atoms with Crippen LogP contribution in [0.25, 0.3) is 11.0 Å². The van der Waals surface area contributed by atoms with Crippen LogP contribution in [0, 0.1) is 0 Å². The summed E-state index contributed by atoms with van der Waals surface area (Å²) in [6.07, 6.45) is 1.51. The summed E-state index contributed by atoms with van der Waals surface area (Å²) in [7, 11) is -3.60. The average molecular weight is 472 g/mol. The number of esters is 1. The highest BCUT2D eigenvalue weighted by Gasteiger charge is 2.27. The van der Waals surface area contributed by atoms with Gasteiger partial charge in [-0.1, -0.05) is 19.1 Å². The Balaban J connectivity index is 1.49. The second-order valence-corrected chi connectivity index (χ2v) is 9.85. The molecule has 33 heavy (non-hydrogen) atoms. The van der Waals surface area contributed by atoms with Gasteiger partial charge < -0.3 is 14.0 Å². The fourth-order valence-electron chi connectivity index (χ4n) is 3.99. The van der Waals surface area contributed by atoms with Crippen molar-refractivity contribution in [2.24, 2.45) is 0 Å². The summed E-state index contributed by atoms with van der Waals surface area (Å²) in [5.41, 5.74) is 2.63. The van der Waals surface area contributed by atoms with Crippen molar-refractivity contribution < 1.29 is 22.7 Å². The Labute approximate surface area is 194 Å². The summed E-state index contributed by atoms with van der Waals surface area (Å²) in [4.78, 5) is 17.2. The first kappa shape index (κ1) is 23.4. The fourth-order valence-corrected chi connectivity index (χ4v) is 5.42. The number of benzene rings is 2. The number of carbonyl (C=O) groups excluding carboxylic acids is 1. The Morgan fingerprint density at radius 2 is 1.82 bits per heavy atom. The molecule has 0 spiro atoms. The van der Waals surface area contributed by atoms with Crippen LogP contribution in [0.4, 0.5) is 0 Å². The number of hydrogen-bond donors (Lipinski definition) is 0. The molecule has 0 unspecified atom stereocenters. The maximum absolute atomic E-state index is 13.0. The van der Waals surface area contributed by atoms with Gasteiger partial charge in [0.25, 0.3) is 0 Å². The summed E-state index contributed by atoms with van der Waals surface area (Å²) in [6.45, 7) is 6.22. The predicted octanol–water partition coefficient (Wildman–Crippen LogP) is 3.18. The zero-order chi connectivity index (χ0) is 23.4. The number of aromatic nitrogens is 2. The third kappa shape index (κ3) is 5.10. The van der Waals surface area contributed by atoms with E-state index < -0.39 is 10.0 Å². The number of rotatable bonds is 8. The van der Waals surface area contributed by atoms with Crippen molar-refractivity contribution >= 4 is 27.0 Å². The number of carbonyl (C=O) groups is 1. The largest absolute Gasteiger partial charge is 0.427 e. The molecule has 0 atom stereocenters. The minimum Gasteiger partial charge on any atom is -0.427 e. The third-order valence-electron chi connectivity index (χ3n) is 5.84. The van der Waals surface area contributed by atoms with Crippen LogP contribution in [0.1, 0.15) is 31.7 Å². The number of ether oxygens (including phenoxy) is 2. The van der Waals surface area contributed by atoms with E-state index in [1.165, 1.54) is 9.87 Å². The standard InChI is InChI=1S/C24H29N3O5S/c1-3-18-5-7-19(8-6-18)32-24(28)12-11-23-25-21-17-20(9-10-22(21)27(23)4-2)33(29,30)26-13-15-31-16-14-26/h5-10,17H,3-4,11-16H2,1-2H3. The van der Waals surface area contributed by atoms with E-state index in [4.69, 9.17) is 9.47 Å². The van der Waals surface area contributed by atoms with Crippen molar-refractivity contribution in [1.82, 2.24) is 13.9 Å². The van der Waals surface area contributed by atoms with Crippen LogP contribution in [0.5, 0.6) is 5.75 Å². The Bertz CT molecular complexity index is 1230. The second-order valence-electron chi connectivity index (χ2n) is 7.91. The Hall–Kier alpha value is -2.75. The van der Waals surface area contributed by atoms with Gasteiger partial charge in [0.1, 0.15) is 11.6 Å². The molecule has 1 aliphatic heterocycles. The average Bonchev–Trinajstić information content (AvgIpc) is 3.20. The number of fused-ring (bicyclic) bond motifs is 1. The molecule has 1 aromatic heterocycles. The summed E-state index contributed by atoms with van der Waals surface area (Å²) < 4.78 is 40.2. The van der Waals surface area contributed by atoms with E-state index in [1.807, 2.05) is 23.6 Å². The number of morpholine rings is 1. The molecule has 3 aromatic rings. The van der Waals surface area contributed by atoms with Crippen molar-refractivity contribution in [3.8, 4) is 5.75 Å². The molecule has 8 nitrogen and oxygen atoms in total. The van der Waals surface area contributed by atoms with Crippen LogP contribution in [0.3, 0.4) is 0 Å². The molecule has 176 valence electrons. The number of sulfonamides is 1. The molecule has 0 bridgehead atoms. The maximum atomic E-state index is 13.0. The Kier molecular flexibility index (Phi) is 7.11. The van der Waals surface area contributed by atoms with Crippen LogP contribution in [0.15, 0.2) is 47.4 Å². The smallest absolute Gasteiger partial charge is 0.311 e. The number of hydrogen-bond acceptors (Lipinski definition) is 6. The lowest BCUT2D eigenvalue weighted by Crippen LogP contribution is -2.40. The molecule has 0 amide bonds. The molecule has 0 saturated carbocycles. The maximum Gasteiger partial charge on any atom is 0.311 e. The lowest BCUT2D eigenvalue weighted by atomic mass is 10.2. The lowest BCUT2D eigenvalue weighted by Gasteiger charge is -2.26. The minimum atomic E-state index is -3.60. The zero-order valence-corrected chi connectivity index (χ0v) is 19.8. The van der Waals surface area contributed by atoms with Crippen molar-refractivity contribution in [2.45, 2.75) is 44.6 Å². The SMILES string of the molecule is CCc1ccc(OC(=O)CCc2nc3cc(S(=O)(=O)N4CCOCC4)ccc3n2CC)cc1. The molecule has 2 aromatic carbocycles. The zero-order valence-electron chi connectivity index (χ0n) is 19.0. The highest BCUT2D eigenvalue weighted by Crippen LogP contribution is 2.24. The van der Waals surface area contributed by atoms with Crippen LogP contribution in [0.2, 0.25) is 0 Å². The summed E-state index contributed by atoms with van der Waals surface area (Å²) in [6, 6.07) is 12.5. The van der Waals surface area contributed by atoms with Crippen molar-refractivity contribution in [1.29, 1.82) is 0 Å². The second kappa shape index (κ2) is 10.0. The third-order valence-corrected chi connectivity index (χ3v) is 7.73. The molecule has 0 aliphatic carbocycles. The van der Waals surface area contributed by atoms with Gasteiger partial charge in [0, 0.05) is 26.1 Å². The topological polar surface area (TPSA) is 90.7 Å². The number of nitrogens with zero attached hydrogens (tertiary/aromatic N) is 3. The van der Waals surface area contributed by atoms with Crippen LogP contribution in [-0.4, -0.2) is 54.5 Å². The molecule has 4 rings (SSSR count). The van der Waals surface area contributed by atoms with E-state index >= 15 is 0 Å². The molecule has 9 heteroatoms. The highest BCUT2D eigenvalue weighted by atomic mass is 32.2. The van der Waals surface area contributed by atoms with E-state index in [-0.39, 0.29) is 17.3 Å². The first-order valence-corrected chi connectivity index (χ1v) is 12.7. The van der Waals surface area contributed by atoms with Gasteiger partial charge in [-0.05, 0) is 49.2 Å². The van der Waals surface area contributed by atoms with E-state index in [2.05, 4.69) is 11.9 Å². The minimum absolute atomic E-state index is 0.178. The molecular formula is C24H29N3O5S. The molecule has 1 fully saturated rings. The summed E-state index contributed by atoms with van der Waals surface area (Å²) in [5.74, 6) is 0.926. The number of imidazole rings is 1. The van der Waals surface area contributed by atoms with Gasteiger partial charge in [-0.25, -0.2) is 13.4 Å². The van der Waals surface area contributed by atoms with Crippen molar-refractivity contribution in [3.63, 3.8) is 0 Å². The van der Waals surface area contributed by atoms with Gasteiger partial charge in [-0.15, -0.1) is 0 Å². The predicted molar refractivity (Wildman–Crippen MR) is 125 cm³/mol. The first-order valence-electron chi connectivity index (χ1n) is 11.3. The van der Waals surface area contributed by atoms with E-state index in [9.17, 15) is 13.2 Å². The molecular weight excluding hydrogens is 442 g/mol. The molecule has 1 aliphatic rings. The van der Waals surface area contributed by atoms with Gasteiger partial charge in [0.15, 0.2) is 0 Å². The monoisotopic (exact) mass is 471 g/mol. The van der Waals surface area contributed by atoms with Crippen LogP contribution < -0.4 is 4.74 Å². The van der Waals surface area contributed by atoms with Gasteiger partial charge in [-0.2, -0.15) is 4.31 Å². The fraction of sp³-hybridized carbons (Fsp3) is 0.417. The number of aryl methyl sites for hydroxylation is 3. The van der Waals surface area contributed by atoms with Crippen LogP contribution >= 0.6 is 0 Å². The Morgan fingerprint density at radius 1 is 1.09 bits per heavy atom. The van der Waals surface area contributed by atoms with Crippen molar-refractivity contribution in [2.75, 3.05) is 26.3 Å². The van der Waals surface area contributed by atoms with Gasteiger partial charge in [-0.3, -0.25) is 4.79 Å². The van der Waals surface area contributed by atoms with E-state index in [1.54, 1.807) is 30.3 Å². The molecule has 0 N–H and O–H groups in total. The summed E-state index contributed by atoms with van der Waals surface area (Å²) in [5, 5.41) is 0. The van der Waals surface area contributed by atoms with E-state index in [0.717, 1.165) is 17.8 Å². The molecule has 0 radical (unpaired) electrons. The molecule has 1 saturated heterocycles. The first-order chi connectivity index (χ1) is 15.9. The Morgan fingerprint density at radius 3 is 2.48 bits per heavy atom. The van der Waals surface area contributed by atoms with Gasteiger partial charge in [0.05, 0.1) is 35.6 Å². The summed E-state index contributed by atoms with van der Waals surface area (Å²) >= 11 is 0. The molecule has 2 heterocycles. The van der Waals surface area contributed by atoms with Crippen molar-refractivity contribution in [3.05, 3.63) is 53.9 Å². The van der Waals surface area contributed by atoms with Gasteiger partial charge >= 0.3 is 5.97 Å². The van der Waals surface area contributed by atoms with E-state index in [0.29, 0.717) is 50.5 Å². The van der Waals surface area contributed by atoms with Crippen LogP contribution in [-0.2, 0) is 38.9 Å². The highest BCUT2D eigenvalue weighted by molar-refractivity contribution is 7.89. The quantitative estimate of drug-likeness (QED) is 0.370. The van der Waals surface area contributed by atoms with Gasteiger partial charge in [0.2, 0.25) is 10.0 Å². The normalized spacial score (nSPS) is 15.1.